The van der Waals surface area contributed by atoms with Crippen molar-refractivity contribution in [1.29, 1.82) is 0 Å². The summed E-state index contributed by atoms with van der Waals surface area (Å²) >= 11 is 0. The van der Waals surface area contributed by atoms with Crippen LogP contribution >= 0.6 is 0 Å². The van der Waals surface area contributed by atoms with Gasteiger partial charge in [0.05, 0.1) is 18.3 Å². The summed E-state index contributed by atoms with van der Waals surface area (Å²) in [6, 6.07) is 8.24. The topological polar surface area (TPSA) is 32.7 Å². The minimum atomic E-state index is -0.346. The summed E-state index contributed by atoms with van der Waals surface area (Å²) in [6.45, 7) is 8.07. The van der Waals surface area contributed by atoms with Crippen LogP contribution in [-0.2, 0) is 4.74 Å². The van der Waals surface area contributed by atoms with Crippen LogP contribution < -0.4 is 4.90 Å². The molecule has 2 rings (SSSR count). The van der Waals surface area contributed by atoms with Crippen LogP contribution in [0.5, 0.6) is 0 Å². The number of anilines is 1. The van der Waals surface area contributed by atoms with Gasteiger partial charge in [0, 0.05) is 18.8 Å². The molecule has 1 saturated heterocycles. The zero-order valence-corrected chi connectivity index (χ0v) is 11.5. The van der Waals surface area contributed by atoms with Gasteiger partial charge >= 0.3 is 0 Å². The third-order valence-electron chi connectivity index (χ3n) is 3.45. The number of hydrogen-bond acceptors (Lipinski definition) is 3. The van der Waals surface area contributed by atoms with Crippen LogP contribution in [0.1, 0.15) is 38.9 Å². The number of aliphatic hydroxyl groups excluding tert-OH is 1. The molecule has 1 unspecified atom stereocenters. The van der Waals surface area contributed by atoms with E-state index in [1.165, 1.54) is 5.69 Å². The van der Waals surface area contributed by atoms with Crippen molar-refractivity contribution in [2.75, 3.05) is 18.0 Å². The van der Waals surface area contributed by atoms with Crippen molar-refractivity contribution < 1.29 is 9.84 Å². The number of hydrogen-bond donors (Lipinski definition) is 1. The highest BCUT2D eigenvalue weighted by Crippen LogP contribution is 2.23. The first-order valence-corrected chi connectivity index (χ1v) is 6.78. The molecule has 0 amide bonds. The molecule has 0 aromatic heterocycles. The molecule has 1 aliphatic heterocycles. The molecule has 3 atom stereocenters. The molecule has 1 aromatic rings. The Hall–Kier alpha value is -1.06. The standard InChI is InChI=1S/C15H23NO2/c1-4-15(17)13-5-7-14(8-6-13)16-9-11(2)18-12(3)10-16/h5-8,11-12,15,17H,4,9-10H2,1-3H3/t11-,12+,15?. The highest BCUT2D eigenvalue weighted by molar-refractivity contribution is 5.48. The van der Waals surface area contributed by atoms with Gasteiger partial charge < -0.3 is 14.7 Å². The fourth-order valence-corrected chi connectivity index (χ4v) is 2.53. The lowest BCUT2D eigenvalue weighted by Gasteiger charge is -2.37. The molecule has 100 valence electrons. The lowest BCUT2D eigenvalue weighted by molar-refractivity contribution is -0.00522. The van der Waals surface area contributed by atoms with Crippen LogP contribution in [0.15, 0.2) is 24.3 Å². The van der Waals surface area contributed by atoms with E-state index in [9.17, 15) is 5.11 Å². The van der Waals surface area contributed by atoms with Gasteiger partial charge in [0.15, 0.2) is 0 Å². The first-order valence-electron chi connectivity index (χ1n) is 6.78. The van der Waals surface area contributed by atoms with Gasteiger partial charge in [0.1, 0.15) is 0 Å². The quantitative estimate of drug-likeness (QED) is 0.894. The SMILES string of the molecule is CCC(O)c1ccc(N2C[C@@H](C)O[C@@H](C)C2)cc1. The van der Waals surface area contributed by atoms with E-state index >= 15 is 0 Å². The predicted octanol–water partition coefficient (Wildman–Crippen LogP) is 2.74. The maximum atomic E-state index is 9.78. The molecule has 1 N–H and O–H groups in total. The predicted molar refractivity (Wildman–Crippen MR) is 73.9 cm³/mol. The van der Waals surface area contributed by atoms with Crippen LogP contribution in [0.3, 0.4) is 0 Å². The van der Waals surface area contributed by atoms with Crippen LogP contribution in [0.25, 0.3) is 0 Å². The number of benzene rings is 1. The molecule has 0 spiro atoms. The van der Waals surface area contributed by atoms with E-state index in [0.717, 1.165) is 25.1 Å². The Bertz CT molecular complexity index is 367. The Morgan fingerprint density at radius 1 is 1.22 bits per heavy atom. The molecule has 1 aromatic carbocycles. The van der Waals surface area contributed by atoms with Gasteiger partial charge in [-0.05, 0) is 38.0 Å². The van der Waals surface area contributed by atoms with Gasteiger partial charge in [-0.1, -0.05) is 19.1 Å². The minimum Gasteiger partial charge on any atom is -0.388 e. The smallest absolute Gasteiger partial charge is 0.0787 e. The largest absolute Gasteiger partial charge is 0.388 e. The zero-order valence-electron chi connectivity index (χ0n) is 11.5. The highest BCUT2D eigenvalue weighted by atomic mass is 16.5. The van der Waals surface area contributed by atoms with Gasteiger partial charge in [-0.15, -0.1) is 0 Å². The summed E-state index contributed by atoms with van der Waals surface area (Å²) in [7, 11) is 0. The monoisotopic (exact) mass is 249 g/mol. The first kappa shape index (κ1) is 13.4. The van der Waals surface area contributed by atoms with E-state index < -0.39 is 0 Å². The van der Waals surface area contributed by atoms with Gasteiger partial charge in [-0.3, -0.25) is 0 Å². The fourth-order valence-electron chi connectivity index (χ4n) is 2.53. The summed E-state index contributed by atoms with van der Waals surface area (Å²) < 4.78 is 5.74. The Morgan fingerprint density at radius 2 is 1.78 bits per heavy atom. The zero-order chi connectivity index (χ0) is 13.1. The third kappa shape index (κ3) is 3.03. The lowest BCUT2D eigenvalue weighted by atomic mass is 10.1. The average Bonchev–Trinajstić information content (AvgIpc) is 2.37. The van der Waals surface area contributed by atoms with E-state index in [-0.39, 0.29) is 18.3 Å². The molecular weight excluding hydrogens is 226 g/mol. The van der Waals surface area contributed by atoms with Gasteiger partial charge in [-0.25, -0.2) is 0 Å². The second-order valence-corrected chi connectivity index (χ2v) is 5.18. The molecule has 1 heterocycles. The molecule has 0 aliphatic carbocycles. The van der Waals surface area contributed by atoms with Crippen molar-refractivity contribution >= 4 is 5.69 Å². The minimum absolute atomic E-state index is 0.273. The van der Waals surface area contributed by atoms with E-state index in [0.29, 0.717) is 0 Å². The van der Waals surface area contributed by atoms with Crippen LogP contribution in [-0.4, -0.2) is 30.4 Å². The summed E-state index contributed by atoms with van der Waals surface area (Å²) in [6.07, 6.45) is 0.955. The summed E-state index contributed by atoms with van der Waals surface area (Å²) in [5.41, 5.74) is 2.21. The molecule has 18 heavy (non-hydrogen) atoms. The number of rotatable bonds is 3. The number of nitrogens with zero attached hydrogens (tertiary/aromatic N) is 1. The van der Waals surface area contributed by atoms with Crippen LogP contribution in [0.4, 0.5) is 5.69 Å². The summed E-state index contributed by atoms with van der Waals surface area (Å²) in [4.78, 5) is 2.35. The van der Waals surface area contributed by atoms with Crippen molar-refractivity contribution in [1.82, 2.24) is 0 Å². The van der Waals surface area contributed by atoms with Crippen LogP contribution in [0.2, 0.25) is 0 Å². The summed E-state index contributed by atoms with van der Waals surface area (Å²) in [5.74, 6) is 0. The first-order chi connectivity index (χ1) is 8.60. The van der Waals surface area contributed by atoms with Gasteiger partial charge in [-0.2, -0.15) is 0 Å². The van der Waals surface area contributed by atoms with Gasteiger partial charge in [0.2, 0.25) is 0 Å². The molecule has 3 heteroatoms. The Morgan fingerprint density at radius 3 is 2.28 bits per heavy atom. The second kappa shape index (κ2) is 5.72. The van der Waals surface area contributed by atoms with Gasteiger partial charge in [0.25, 0.3) is 0 Å². The highest BCUT2D eigenvalue weighted by Gasteiger charge is 2.22. The van der Waals surface area contributed by atoms with E-state index in [2.05, 4.69) is 30.9 Å². The van der Waals surface area contributed by atoms with Crippen molar-refractivity contribution in [2.45, 2.75) is 45.5 Å². The summed E-state index contributed by atoms with van der Waals surface area (Å²) in [5, 5.41) is 9.78. The normalized spacial score (nSPS) is 26.1. The molecule has 0 bridgehead atoms. The fraction of sp³-hybridized carbons (Fsp3) is 0.600. The lowest BCUT2D eigenvalue weighted by Crippen LogP contribution is -2.45. The molecular formula is C15H23NO2. The maximum absolute atomic E-state index is 9.78. The Labute approximate surface area is 109 Å². The Kier molecular flexibility index (Phi) is 4.25. The van der Waals surface area contributed by atoms with Crippen molar-refractivity contribution in [3.63, 3.8) is 0 Å². The van der Waals surface area contributed by atoms with Crippen molar-refractivity contribution in [3.05, 3.63) is 29.8 Å². The second-order valence-electron chi connectivity index (χ2n) is 5.18. The number of aliphatic hydroxyl groups is 1. The third-order valence-corrected chi connectivity index (χ3v) is 3.45. The molecule has 3 nitrogen and oxygen atoms in total. The van der Waals surface area contributed by atoms with E-state index in [4.69, 9.17) is 4.74 Å². The van der Waals surface area contributed by atoms with E-state index in [1.54, 1.807) is 0 Å². The molecule has 1 aliphatic rings. The number of morpholine rings is 1. The maximum Gasteiger partial charge on any atom is 0.0787 e. The molecule has 0 radical (unpaired) electrons. The molecule has 1 fully saturated rings. The molecule has 0 saturated carbocycles. The van der Waals surface area contributed by atoms with E-state index in [1.807, 2.05) is 19.1 Å². The number of ether oxygens (including phenoxy) is 1. The van der Waals surface area contributed by atoms with Crippen molar-refractivity contribution in [2.24, 2.45) is 0 Å². The van der Waals surface area contributed by atoms with Crippen LogP contribution in [0, 0.1) is 0 Å². The Balaban J connectivity index is 2.09. The van der Waals surface area contributed by atoms with Crippen molar-refractivity contribution in [3.8, 4) is 0 Å². The average molecular weight is 249 g/mol.